The lowest BCUT2D eigenvalue weighted by Crippen LogP contribution is -2.30. The minimum absolute atomic E-state index is 0.375. The van der Waals surface area contributed by atoms with Gasteiger partial charge in [-0.15, -0.1) is 0 Å². The molecule has 18 heavy (non-hydrogen) atoms. The lowest BCUT2D eigenvalue weighted by Gasteiger charge is -2.34. The molecule has 0 radical (unpaired) electrons. The molecule has 0 spiro atoms. The SMILES string of the molecule is CC/C(=N\NC(N)=O)[C@H]1C[C@@]2(C)CC[C@@H]1C2(C)C. The van der Waals surface area contributed by atoms with Gasteiger partial charge in [0, 0.05) is 11.6 Å². The van der Waals surface area contributed by atoms with Crippen LogP contribution in [-0.4, -0.2) is 11.7 Å². The van der Waals surface area contributed by atoms with Crippen LogP contribution in [0.1, 0.15) is 53.4 Å². The minimum Gasteiger partial charge on any atom is -0.350 e. The first-order chi connectivity index (χ1) is 8.32. The number of primary amides is 1. The topological polar surface area (TPSA) is 67.5 Å². The molecule has 0 saturated heterocycles. The molecule has 2 saturated carbocycles. The van der Waals surface area contributed by atoms with Gasteiger partial charge in [-0.2, -0.15) is 5.10 Å². The molecule has 3 atom stereocenters. The summed E-state index contributed by atoms with van der Waals surface area (Å²) in [5.41, 5.74) is 9.40. The highest BCUT2D eigenvalue weighted by Crippen LogP contribution is 2.67. The predicted molar refractivity (Wildman–Crippen MR) is 73.2 cm³/mol. The standard InChI is InChI=1S/C14H25N3O/c1-5-11(16-17-12(15)18)9-8-14(4)7-6-10(9)13(14,2)3/h9-10H,5-8H2,1-4H3,(H3,15,17,18)/b16-11+/t9-,10-,14+/m0/s1. The Labute approximate surface area is 109 Å². The van der Waals surface area contributed by atoms with Gasteiger partial charge in [0.1, 0.15) is 0 Å². The minimum atomic E-state index is -0.574. The molecule has 0 heterocycles. The molecule has 0 aromatic rings. The predicted octanol–water partition coefficient (Wildman–Crippen LogP) is 2.88. The van der Waals surface area contributed by atoms with Crippen molar-refractivity contribution in [3.63, 3.8) is 0 Å². The summed E-state index contributed by atoms with van der Waals surface area (Å²) in [5.74, 6) is 1.20. The Morgan fingerprint density at radius 3 is 2.50 bits per heavy atom. The Hall–Kier alpha value is -1.06. The van der Waals surface area contributed by atoms with E-state index >= 15 is 0 Å². The molecule has 0 aromatic carbocycles. The molecule has 0 aromatic heterocycles. The number of nitrogens with one attached hydrogen (secondary N) is 1. The van der Waals surface area contributed by atoms with E-state index in [1.54, 1.807) is 0 Å². The van der Waals surface area contributed by atoms with Crippen LogP contribution in [0.4, 0.5) is 4.79 Å². The first kappa shape index (κ1) is 13.4. The fourth-order valence-electron chi connectivity index (χ4n) is 4.20. The first-order valence-electron chi connectivity index (χ1n) is 6.93. The van der Waals surface area contributed by atoms with Crippen molar-refractivity contribution >= 4 is 11.7 Å². The van der Waals surface area contributed by atoms with E-state index in [9.17, 15) is 4.79 Å². The van der Waals surface area contributed by atoms with Crippen LogP contribution in [0.3, 0.4) is 0 Å². The Morgan fingerprint density at radius 1 is 1.44 bits per heavy atom. The highest BCUT2D eigenvalue weighted by molar-refractivity contribution is 5.88. The van der Waals surface area contributed by atoms with Gasteiger partial charge in [-0.25, -0.2) is 10.2 Å². The highest BCUT2D eigenvalue weighted by Gasteiger charge is 2.61. The van der Waals surface area contributed by atoms with Crippen molar-refractivity contribution in [1.29, 1.82) is 0 Å². The van der Waals surface area contributed by atoms with Gasteiger partial charge in [-0.1, -0.05) is 27.7 Å². The zero-order chi connectivity index (χ0) is 13.6. The van der Waals surface area contributed by atoms with Crippen LogP contribution < -0.4 is 11.2 Å². The smallest absolute Gasteiger partial charge is 0.332 e. The third kappa shape index (κ3) is 1.82. The van der Waals surface area contributed by atoms with Gasteiger partial charge in [-0.3, -0.25) is 0 Å². The number of nitrogens with zero attached hydrogens (tertiary/aromatic N) is 1. The monoisotopic (exact) mass is 251 g/mol. The molecule has 0 aliphatic heterocycles. The number of urea groups is 1. The first-order valence-corrected chi connectivity index (χ1v) is 6.93. The quantitative estimate of drug-likeness (QED) is 0.588. The fraction of sp³-hybridized carbons (Fsp3) is 0.857. The third-order valence-corrected chi connectivity index (χ3v) is 5.75. The van der Waals surface area contributed by atoms with E-state index < -0.39 is 6.03 Å². The maximum absolute atomic E-state index is 10.8. The Kier molecular flexibility index (Phi) is 3.16. The van der Waals surface area contributed by atoms with Gasteiger partial charge in [-0.05, 0) is 42.4 Å². The largest absolute Gasteiger partial charge is 0.350 e. The van der Waals surface area contributed by atoms with Crippen LogP contribution in [0.5, 0.6) is 0 Å². The number of carbonyl (C=O) groups excluding carboxylic acids is 1. The van der Waals surface area contributed by atoms with Crippen molar-refractivity contribution in [2.24, 2.45) is 33.5 Å². The highest BCUT2D eigenvalue weighted by atomic mass is 16.2. The molecule has 2 rings (SSSR count). The molecule has 2 bridgehead atoms. The third-order valence-electron chi connectivity index (χ3n) is 5.75. The van der Waals surface area contributed by atoms with E-state index in [4.69, 9.17) is 5.73 Å². The van der Waals surface area contributed by atoms with Gasteiger partial charge in [0.15, 0.2) is 0 Å². The van der Waals surface area contributed by atoms with E-state index in [0.29, 0.717) is 22.7 Å². The van der Waals surface area contributed by atoms with E-state index in [0.717, 1.165) is 12.1 Å². The number of nitrogens with two attached hydrogens (primary N) is 1. The summed E-state index contributed by atoms with van der Waals surface area (Å²) in [6, 6.07) is -0.574. The fourth-order valence-corrected chi connectivity index (χ4v) is 4.20. The molecule has 2 aliphatic carbocycles. The Morgan fingerprint density at radius 2 is 2.11 bits per heavy atom. The number of carbonyl (C=O) groups is 1. The number of fused-ring (bicyclic) bond motifs is 2. The maximum atomic E-state index is 10.8. The molecular weight excluding hydrogens is 226 g/mol. The second kappa shape index (κ2) is 4.25. The normalized spacial score (nSPS) is 37.9. The summed E-state index contributed by atoms with van der Waals surface area (Å²) < 4.78 is 0. The van der Waals surface area contributed by atoms with Crippen LogP contribution in [-0.2, 0) is 0 Å². The summed E-state index contributed by atoms with van der Waals surface area (Å²) in [6.45, 7) is 9.28. The van der Waals surface area contributed by atoms with Gasteiger partial charge < -0.3 is 5.73 Å². The van der Waals surface area contributed by atoms with Crippen LogP contribution in [0.2, 0.25) is 0 Å². The van der Waals surface area contributed by atoms with Gasteiger partial charge in [0.2, 0.25) is 0 Å². The molecule has 0 unspecified atom stereocenters. The van der Waals surface area contributed by atoms with E-state index in [1.165, 1.54) is 19.3 Å². The number of rotatable bonds is 3. The second-order valence-corrected chi connectivity index (χ2v) is 6.67. The number of hydrogen-bond acceptors (Lipinski definition) is 2. The van der Waals surface area contributed by atoms with Gasteiger partial charge in [0.05, 0.1) is 0 Å². The van der Waals surface area contributed by atoms with Crippen LogP contribution in [0.25, 0.3) is 0 Å². The van der Waals surface area contributed by atoms with Crippen LogP contribution >= 0.6 is 0 Å². The van der Waals surface area contributed by atoms with Crippen molar-refractivity contribution in [3.05, 3.63) is 0 Å². The van der Waals surface area contributed by atoms with Gasteiger partial charge in [0.25, 0.3) is 0 Å². The van der Waals surface area contributed by atoms with Crippen molar-refractivity contribution in [3.8, 4) is 0 Å². The lowest BCUT2D eigenvalue weighted by molar-refractivity contribution is 0.152. The van der Waals surface area contributed by atoms with E-state index in [1.807, 2.05) is 0 Å². The molecule has 102 valence electrons. The van der Waals surface area contributed by atoms with Crippen molar-refractivity contribution < 1.29 is 4.79 Å². The summed E-state index contributed by atoms with van der Waals surface area (Å²) in [4.78, 5) is 10.8. The molecule has 2 fully saturated rings. The molecular formula is C14H25N3O. The number of hydrogen-bond donors (Lipinski definition) is 2. The zero-order valence-electron chi connectivity index (χ0n) is 11.9. The molecule has 3 N–H and O–H groups in total. The van der Waals surface area contributed by atoms with Crippen molar-refractivity contribution in [2.75, 3.05) is 0 Å². The van der Waals surface area contributed by atoms with Crippen LogP contribution in [0, 0.1) is 22.7 Å². The number of hydrazone groups is 1. The maximum Gasteiger partial charge on any atom is 0.332 e. The lowest BCUT2D eigenvalue weighted by atomic mass is 9.71. The average Bonchev–Trinajstić information content (AvgIpc) is 2.61. The summed E-state index contributed by atoms with van der Waals surface area (Å²) >= 11 is 0. The second-order valence-electron chi connectivity index (χ2n) is 6.67. The van der Waals surface area contributed by atoms with Crippen molar-refractivity contribution in [1.82, 2.24) is 5.43 Å². The zero-order valence-corrected chi connectivity index (χ0v) is 11.9. The molecule has 4 heteroatoms. The van der Waals surface area contributed by atoms with Gasteiger partial charge >= 0.3 is 6.03 Å². The Balaban J connectivity index is 2.21. The summed E-state index contributed by atoms with van der Waals surface area (Å²) in [5, 5.41) is 4.23. The molecule has 4 nitrogen and oxygen atoms in total. The van der Waals surface area contributed by atoms with E-state index in [2.05, 4.69) is 38.2 Å². The molecule has 2 aliphatic rings. The summed E-state index contributed by atoms with van der Waals surface area (Å²) in [6.07, 6.45) is 4.68. The summed E-state index contributed by atoms with van der Waals surface area (Å²) in [7, 11) is 0. The Bertz CT molecular complexity index is 386. The van der Waals surface area contributed by atoms with E-state index in [-0.39, 0.29) is 0 Å². The molecule has 2 amide bonds. The van der Waals surface area contributed by atoms with Crippen molar-refractivity contribution in [2.45, 2.75) is 53.4 Å². The number of amides is 2. The van der Waals surface area contributed by atoms with Crippen LogP contribution in [0.15, 0.2) is 5.10 Å². The average molecular weight is 251 g/mol.